The lowest BCUT2D eigenvalue weighted by Gasteiger charge is -2.34. The molecule has 1 saturated carbocycles. The predicted molar refractivity (Wildman–Crippen MR) is 155 cm³/mol. The van der Waals surface area contributed by atoms with E-state index in [1.165, 1.54) is 4.90 Å². The number of fused-ring (bicyclic) bond motifs is 1. The summed E-state index contributed by atoms with van der Waals surface area (Å²) in [6.07, 6.45) is 3.34. The number of aromatic nitrogens is 3. The second kappa shape index (κ2) is 11.0. The maximum atomic E-state index is 14.1. The fourth-order valence-corrected chi connectivity index (χ4v) is 6.27. The highest BCUT2D eigenvalue weighted by molar-refractivity contribution is 5.99. The van der Waals surface area contributed by atoms with Gasteiger partial charge in [-0.3, -0.25) is 14.4 Å². The summed E-state index contributed by atoms with van der Waals surface area (Å²) in [5, 5.41) is 22.2. The van der Waals surface area contributed by atoms with Crippen LogP contribution in [0.3, 0.4) is 0 Å². The summed E-state index contributed by atoms with van der Waals surface area (Å²) in [5.41, 5.74) is 2.87. The molecule has 1 unspecified atom stereocenters. The first-order valence-corrected chi connectivity index (χ1v) is 14.7. The summed E-state index contributed by atoms with van der Waals surface area (Å²) in [4.78, 5) is 44.4. The Morgan fingerprint density at radius 2 is 1.79 bits per heavy atom. The molecule has 6 rings (SSSR count). The molecule has 10 heteroatoms. The molecule has 3 amide bonds. The van der Waals surface area contributed by atoms with Crippen molar-refractivity contribution in [2.24, 2.45) is 5.41 Å². The van der Waals surface area contributed by atoms with Gasteiger partial charge < -0.3 is 20.2 Å². The third kappa shape index (κ3) is 5.43. The molecule has 1 aromatic heterocycles. The van der Waals surface area contributed by atoms with E-state index in [-0.39, 0.29) is 43.3 Å². The Morgan fingerprint density at radius 1 is 1.07 bits per heavy atom. The third-order valence-electron chi connectivity index (χ3n) is 8.56. The van der Waals surface area contributed by atoms with Gasteiger partial charge in [-0.1, -0.05) is 74.5 Å². The number of nitrogens with one attached hydrogen (secondary N) is 1. The normalized spacial score (nSPS) is 22.8. The minimum Gasteiger partial charge on any atom is -0.391 e. The number of hydrogen-bond acceptors (Lipinski definition) is 6. The molecule has 220 valence electrons. The molecule has 10 nitrogen and oxygen atoms in total. The number of carbonyl (C=O) groups excluding carboxylic acids is 3. The minimum absolute atomic E-state index is 0.0680. The lowest BCUT2D eigenvalue weighted by Crippen LogP contribution is -2.51. The number of likely N-dealkylation sites (tertiary alicyclic amines) is 1. The van der Waals surface area contributed by atoms with Crippen molar-refractivity contribution in [3.8, 4) is 0 Å². The number of hydrogen-bond donors (Lipinski definition) is 2. The fraction of sp³-hybridized carbons (Fsp3) is 0.469. The highest BCUT2D eigenvalue weighted by atomic mass is 16.3. The first-order valence-electron chi connectivity index (χ1n) is 14.7. The highest BCUT2D eigenvalue weighted by Crippen LogP contribution is 2.40. The Balaban J connectivity index is 1.20. The summed E-state index contributed by atoms with van der Waals surface area (Å²) >= 11 is 0. The van der Waals surface area contributed by atoms with E-state index in [2.05, 4.69) is 15.6 Å². The van der Waals surface area contributed by atoms with Gasteiger partial charge in [0.2, 0.25) is 11.8 Å². The van der Waals surface area contributed by atoms with Gasteiger partial charge in [0.15, 0.2) is 0 Å². The molecular weight excluding hydrogens is 532 g/mol. The molecule has 3 aliphatic rings. The SMILES string of the molecule is CC(C)(C)[C@@H](C(=O)N1C[C@H](O)C[C@H]1C(=O)NCC1c2ccccc2C(=O)N1Cc1ccccc1)n1cc(C2CC2)nn1. The van der Waals surface area contributed by atoms with Crippen molar-refractivity contribution in [3.05, 3.63) is 83.2 Å². The summed E-state index contributed by atoms with van der Waals surface area (Å²) in [7, 11) is 0. The number of aliphatic hydroxyl groups excluding tert-OH is 1. The zero-order valence-electron chi connectivity index (χ0n) is 24.3. The van der Waals surface area contributed by atoms with Crippen molar-refractivity contribution in [3.63, 3.8) is 0 Å². The number of rotatable bonds is 8. The standard InChI is InChI=1S/C32H38N6O4/c1-32(2,3)28(38-19-25(34-35-38)21-13-14-21)31(42)37-18-22(39)15-26(37)29(40)33-16-27-23-11-7-8-12-24(23)30(41)36(27)17-20-9-5-4-6-10-20/h4-12,19,21-22,26-28,39H,13-18H2,1-3H3,(H,33,40)/t22-,26+,27?,28-/m1/s1. The van der Waals surface area contributed by atoms with Crippen LogP contribution in [0.15, 0.2) is 60.8 Å². The zero-order chi connectivity index (χ0) is 29.6. The van der Waals surface area contributed by atoms with Crippen molar-refractivity contribution in [2.45, 2.75) is 76.7 Å². The average Bonchev–Trinajstić information content (AvgIpc) is 3.48. The lowest BCUT2D eigenvalue weighted by atomic mass is 9.85. The largest absolute Gasteiger partial charge is 0.391 e. The van der Waals surface area contributed by atoms with Crippen LogP contribution in [0.5, 0.6) is 0 Å². The molecule has 0 bridgehead atoms. The summed E-state index contributed by atoms with van der Waals surface area (Å²) in [6, 6.07) is 15.4. The molecule has 3 aromatic rings. The zero-order valence-corrected chi connectivity index (χ0v) is 24.3. The van der Waals surface area contributed by atoms with E-state index in [0.717, 1.165) is 29.7 Å². The van der Waals surface area contributed by atoms with Crippen LogP contribution < -0.4 is 5.32 Å². The van der Waals surface area contributed by atoms with Crippen LogP contribution in [0.2, 0.25) is 0 Å². The van der Waals surface area contributed by atoms with Gasteiger partial charge in [-0.05, 0) is 35.4 Å². The Morgan fingerprint density at radius 3 is 2.50 bits per heavy atom. The molecule has 1 saturated heterocycles. The van der Waals surface area contributed by atoms with Crippen molar-refractivity contribution in [1.29, 1.82) is 0 Å². The van der Waals surface area contributed by atoms with Crippen LogP contribution >= 0.6 is 0 Å². The van der Waals surface area contributed by atoms with Gasteiger partial charge in [0.25, 0.3) is 5.91 Å². The second-order valence-electron chi connectivity index (χ2n) is 12.8. The monoisotopic (exact) mass is 570 g/mol. The number of carbonyl (C=O) groups is 3. The van der Waals surface area contributed by atoms with Crippen LogP contribution in [0.4, 0.5) is 0 Å². The van der Waals surface area contributed by atoms with Gasteiger partial charge in [0.1, 0.15) is 12.1 Å². The maximum Gasteiger partial charge on any atom is 0.255 e. The van der Waals surface area contributed by atoms with Crippen molar-refractivity contribution < 1.29 is 19.5 Å². The van der Waals surface area contributed by atoms with E-state index in [1.807, 2.05) is 81.6 Å². The van der Waals surface area contributed by atoms with Gasteiger partial charge in [-0.15, -0.1) is 5.10 Å². The van der Waals surface area contributed by atoms with Gasteiger partial charge >= 0.3 is 0 Å². The molecule has 2 fully saturated rings. The topological polar surface area (TPSA) is 121 Å². The van der Waals surface area contributed by atoms with E-state index >= 15 is 0 Å². The molecule has 42 heavy (non-hydrogen) atoms. The number of β-amino-alcohol motifs (C(OH)–C–C–N with tert-alkyl or cyclic N) is 1. The van der Waals surface area contributed by atoms with Crippen LogP contribution in [0.1, 0.15) is 85.2 Å². The third-order valence-corrected chi connectivity index (χ3v) is 8.56. The maximum absolute atomic E-state index is 14.1. The summed E-state index contributed by atoms with van der Waals surface area (Å²) < 4.78 is 1.62. The molecular formula is C32H38N6O4. The number of aliphatic hydroxyl groups is 1. The van der Waals surface area contributed by atoms with Gasteiger partial charge in [-0.2, -0.15) is 0 Å². The highest BCUT2D eigenvalue weighted by Gasteiger charge is 2.46. The smallest absolute Gasteiger partial charge is 0.255 e. The molecule has 4 atom stereocenters. The van der Waals surface area contributed by atoms with Crippen molar-refractivity contribution in [2.75, 3.05) is 13.1 Å². The molecule has 2 aliphatic heterocycles. The predicted octanol–water partition coefficient (Wildman–Crippen LogP) is 3.22. The van der Waals surface area contributed by atoms with E-state index in [9.17, 15) is 19.5 Å². The van der Waals surface area contributed by atoms with Crippen LogP contribution in [-0.4, -0.2) is 72.9 Å². The molecule has 2 N–H and O–H groups in total. The molecule has 2 aromatic carbocycles. The van der Waals surface area contributed by atoms with E-state index in [0.29, 0.717) is 18.0 Å². The first kappa shape index (κ1) is 28.1. The van der Waals surface area contributed by atoms with Crippen LogP contribution in [0, 0.1) is 5.41 Å². The Labute approximate surface area is 245 Å². The molecule has 0 radical (unpaired) electrons. The summed E-state index contributed by atoms with van der Waals surface area (Å²) in [6.45, 7) is 6.57. The van der Waals surface area contributed by atoms with Gasteiger partial charge in [-0.25, -0.2) is 4.68 Å². The number of amides is 3. The van der Waals surface area contributed by atoms with Crippen LogP contribution in [0.25, 0.3) is 0 Å². The Kier molecular flexibility index (Phi) is 7.34. The Bertz CT molecular complexity index is 1480. The number of benzene rings is 2. The minimum atomic E-state index is -0.835. The van der Waals surface area contributed by atoms with E-state index in [4.69, 9.17) is 0 Å². The summed E-state index contributed by atoms with van der Waals surface area (Å²) in [5.74, 6) is -0.288. The van der Waals surface area contributed by atoms with E-state index in [1.54, 1.807) is 9.58 Å². The van der Waals surface area contributed by atoms with Crippen molar-refractivity contribution >= 4 is 17.7 Å². The second-order valence-corrected chi connectivity index (χ2v) is 12.8. The van der Waals surface area contributed by atoms with Crippen molar-refractivity contribution in [1.82, 2.24) is 30.1 Å². The number of nitrogens with zero attached hydrogens (tertiary/aromatic N) is 5. The van der Waals surface area contributed by atoms with Crippen LogP contribution in [-0.2, 0) is 16.1 Å². The quantitative estimate of drug-likeness (QED) is 0.429. The van der Waals surface area contributed by atoms with Gasteiger partial charge in [0, 0.05) is 43.7 Å². The lowest BCUT2D eigenvalue weighted by molar-refractivity contribution is -0.144. The first-order chi connectivity index (χ1) is 20.1. The van der Waals surface area contributed by atoms with E-state index < -0.39 is 23.6 Å². The molecule has 0 spiro atoms. The fourth-order valence-electron chi connectivity index (χ4n) is 6.27. The van der Waals surface area contributed by atoms with Gasteiger partial charge in [0.05, 0.1) is 17.8 Å². The molecule has 3 heterocycles. The molecule has 1 aliphatic carbocycles. The average molecular weight is 571 g/mol. The Hall–Kier alpha value is -4.05.